The molecule has 2 N–H and O–H groups in total. The molecule has 1 aromatic heterocycles. The summed E-state index contributed by atoms with van der Waals surface area (Å²) in [5, 5.41) is 13.3. The Labute approximate surface area is 120 Å². The van der Waals surface area contributed by atoms with E-state index >= 15 is 0 Å². The van der Waals surface area contributed by atoms with E-state index in [9.17, 15) is 14.3 Å². The number of benzene rings is 1. The van der Waals surface area contributed by atoms with E-state index in [0.29, 0.717) is 11.4 Å². The third-order valence-electron chi connectivity index (χ3n) is 3.85. The van der Waals surface area contributed by atoms with Crippen molar-refractivity contribution >= 4 is 27.3 Å². The van der Waals surface area contributed by atoms with Crippen molar-refractivity contribution in [2.75, 3.05) is 6.54 Å². The van der Waals surface area contributed by atoms with Gasteiger partial charge in [-0.25, -0.2) is 4.39 Å². The lowest BCUT2D eigenvalue weighted by Crippen LogP contribution is -2.31. The summed E-state index contributed by atoms with van der Waals surface area (Å²) in [6.07, 6.45) is 2.50. The summed E-state index contributed by atoms with van der Waals surface area (Å²) in [6, 6.07) is 6.23. The normalized spacial score (nSPS) is 22.3. The summed E-state index contributed by atoms with van der Waals surface area (Å²) < 4.78 is 14.0. The summed E-state index contributed by atoms with van der Waals surface area (Å²) in [6.45, 7) is 0.503. The number of hydrogen-bond acceptors (Lipinski definition) is 3. The highest BCUT2D eigenvalue weighted by Gasteiger charge is 2.25. The minimum Gasteiger partial charge on any atom is -0.393 e. The van der Waals surface area contributed by atoms with E-state index in [1.807, 2.05) is 0 Å². The van der Waals surface area contributed by atoms with Crippen LogP contribution in [-0.2, 0) is 0 Å². The van der Waals surface area contributed by atoms with Gasteiger partial charge in [0.15, 0.2) is 0 Å². The summed E-state index contributed by atoms with van der Waals surface area (Å²) in [7, 11) is 0. The zero-order valence-electron chi connectivity index (χ0n) is 10.9. The Balaban J connectivity index is 1.69. The van der Waals surface area contributed by atoms with Crippen molar-refractivity contribution in [2.24, 2.45) is 5.92 Å². The maximum atomic E-state index is 13.1. The highest BCUT2D eigenvalue weighted by atomic mass is 32.1. The molecule has 106 valence electrons. The third kappa shape index (κ3) is 2.69. The summed E-state index contributed by atoms with van der Waals surface area (Å²) in [5.74, 6) is -0.284. The summed E-state index contributed by atoms with van der Waals surface area (Å²) >= 11 is 1.36. The van der Waals surface area contributed by atoms with Crippen LogP contribution in [0.2, 0.25) is 0 Å². The molecule has 1 amide bonds. The lowest BCUT2D eigenvalue weighted by Gasteiger charge is -2.14. The molecule has 2 unspecified atom stereocenters. The number of aliphatic hydroxyl groups is 1. The van der Waals surface area contributed by atoms with Crippen molar-refractivity contribution < 1.29 is 14.3 Å². The van der Waals surface area contributed by atoms with Gasteiger partial charge in [0.05, 0.1) is 11.0 Å². The number of amides is 1. The van der Waals surface area contributed by atoms with Gasteiger partial charge in [0.2, 0.25) is 0 Å². The fourth-order valence-corrected chi connectivity index (χ4v) is 3.65. The molecule has 1 aromatic carbocycles. The van der Waals surface area contributed by atoms with Crippen LogP contribution in [0, 0.1) is 11.7 Å². The number of nitrogens with one attached hydrogen (secondary N) is 1. The minimum absolute atomic E-state index is 0.147. The molecule has 1 fully saturated rings. The molecule has 0 radical (unpaired) electrons. The first-order valence-corrected chi connectivity index (χ1v) is 7.60. The average molecular weight is 293 g/mol. The molecular formula is C15H16FNO2S. The molecule has 3 rings (SSSR count). The first-order valence-electron chi connectivity index (χ1n) is 6.79. The molecular weight excluding hydrogens is 277 g/mol. The van der Waals surface area contributed by atoms with Crippen LogP contribution >= 0.6 is 11.3 Å². The Morgan fingerprint density at radius 2 is 2.25 bits per heavy atom. The van der Waals surface area contributed by atoms with E-state index in [1.165, 1.54) is 23.5 Å². The van der Waals surface area contributed by atoms with Gasteiger partial charge in [0, 0.05) is 17.2 Å². The van der Waals surface area contributed by atoms with Crippen LogP contribution in [0.15, 0.2) is 24.3 Å². The number of aliphatic hydroxyl groups excluding tert-OH is 1. The highest BCUT2D eigenvalue weighted by molar-refractivity contribution is 7.20. The second-order valence-electron chi connectivity index (χ2n) is 5.26. The van der Waals surface area contributed by atoms with Crippen molar-refractivity contribution in [1.29, 1.82) is 0 Å². The van der Waals surface area contributed by atoms with E-state index in [4.69, 9.17) is 0 Å². The molecule has 2 atom stereocenters. The second-order valence-corrected chi connectivity index (χ2v) is 6.34. The molecule has 1 saturated carbocycles. The molecule has 0 spiro atoms. The largest absolute Gasteiger partial charge is 0.393 e. The minimum atomic E-state index is -0.299. The van der Waals surface area contributed by atoms with Crippen LogP contribution in [0.25, 0.3) is 10.1 Å². The topological polar surface area (TPSA) is 49.3 Å². The molecule has 1 heterocycles. The molecule has 1 aliphatic rings. The van der Waals surface area contributed by atoms with E-state index < -0.39 is 0 Å². The number of carbonyl (C=O) groups is 1. The van der Waals surface area contributed by atoms with Gasteiger partial charge in [-0.15, -0.1) is 11.3 Å². The van der Waals surface area contributed by atoms with E-state index in [0.717, 1.165) is 29.3 Å². The van der Waals surface area contributed by atoms with E-state index in [2.05, 4.69) is 5.32 Å². The number of halogens is 1. The first kappa shape index (κ1) is 13.5. The van der Waals surface area contributed by atoms with Crippen LogP contribution < -0.4 is 5.32 Å². The van der Waals surface area contributed by atoms with Crippen LogP contribution in [0.4, 0.5) is 4.39 Å². The van der Waals surface area contributed by atoms with Gasteiger partial charge in [-0.3, -0.25) is 4.79 Å². The lowest BCUT2D eigenvalue weighted by atomic mass is 10.1. The molecule has 20 heavy (non-hydrogen) atoms. The van der Waals surface area contributed by atoms with Gasteiger partial charge >= 0.3 is 0 Å². The van der Waals surface area contributed by atoms with Crippen LogP contribution in [0.1, 0.15) is 28.9 Å². The number of hydrogen-bond donors (Lipinski definition) is 2. The number of carbonyl (C=O) groups excluding carboxylic acids is 1. The maximum absolute atomic E-state index is 13.1. The molecule has 1 aliphatic carbocycles. The monoisotopic (exact) mass is 293 g/mol. The molecule has 0 bridgehead atoms. The predicted molar refractivity (Wildman–Crippen MR) is 77.5 cm³/mol. The first-order chi connectivity index (χ1) is 9.63. The zero-order chi connectivity index (χ0) is 14.1. The Hall–Kier alpha value is -1.46. The zero-order valence-corrected chi connectivity index (χ0v) is 11.8. The Morgan fingerprint density at radius 1 is 1.40 bits per heavy atom. The molecule has 0 aliphatic heterocycles. The van der Waals surface area contributed by atoms with Crippen molar-refractivity contribution in [1.82, 2.24) is 5.32 Å². The standard InChI is InChI=1S/C15H16FNO2S/c16-11-4-5-13-10(6-11)7-14(20-13)15(19)17-8-9-2-1-3-12(9)18/h4-7,9,12,18H,1-3,8H2,(H,17,19). The predicted octanol–water partition coefficient (Wildman–Crippen LogP) is 2.93. The van der Waals surface area contributed by atoms with E-state index in [-0.39, 0.29) is 23.7 Å². The van der Waals surface area contributed by atoms with Gasteiger partial charge in [-0.1, -0.05) is 6.42 Å². The number of thiophene rings is 1. The summed E-state index contributed by atoms with van der Waals surface area (Å²) in [5.41, 5.74) is 0. The second kappa shape index (κ2) is 5.50. The smallest absolute Gasteiger partial charge is 0.261 e. The van der Waals surface area contributed by atoms with Gasteiger partial charge in [0.25, 0.3) is 5.91 Å². The Kier molecular flexibility index (Phi) is 3.72. The molecule has 2 aromatic rings. The van der Waals surface area contributed by atoms with Gasteiger partial charge in [-0.2, -0.15) is 0 Å². The van der Waals surface area contributed by atoms with Crippen molar-refractivity contribution in [3.63, 3.8) is 0 Å². The molecule has 0 saturated heterocycles. The third-order valence-corrected chi connectivity index (χ3v) is 4.96. The van der Waals surface area contributed by atoms with Gasteiger partial charge in [0.1, 0.15) is 5.82 Å². The Bertz CT molecular complexity index is 640. The fourth-order valence-electron chi connectivity index (χ4n) is 2.69. The number of rotatable bonds is 3. The van der Waals surface area contributed by atoms with Crippen molar-refractivity contribution in [3.8, 4) is 0 Å². The lowest BCUT2D eigenvalue weighted by molar-refractivity contribution is 0.0921. The maximum Gasteiger partial charge on any atom is 0.261 e. The summed E-state index contributed by atoms with van der Waals surface area (Å²) in [4.78, 5) is 12.7. The van der Waals surface area contributed by atoms with Crippen molar-refractivity contribution in [2.45, 2.75) is 25.4 Å². The fraction of sp³-hybridized carbons (Fsp3) is 0.400. The van der Waals surface area contributed by atoms with Crippen LogP contribution in [-0.4, -0.2) is 23.7 Å². The average Bonchev–Trinajstić information content (AvgIpc) is 3.01. The highest BCUT2D eigenvalue weighted by Crippen LogP contribution is 2.27. The van der Waals surface area contributed by atoms with Gasteiger partial charge in [-0.05, 0) is 42.5 Å². The molecule has 3 nitrogen and oxygen atoms in total. The van der Waals surface area contributed by atoms with Crippen LogP contribution in [0.3, 0.4) is 0 Å². The van der Waals surface area contributed by atoms with Crippen molar-refractivity contribution in [3.05, 3.63) is 35.0 Å². The van der Waals surface area contributed by atoms with Crippen LogP contribution in [0.5, 0.6) is 0 Å². The number of fused-ring (bicyclic) bond motifs is 1. The van der Waals surface area contributed by atoms with Gasteiger partial charge < -0.3 is 10.4 Å². The molecule has 5 heteroatoms. The Morgan fingerprint density at radius 3 is 3.00 bits per heavy atom. The van der Waals surface area contributed by atoms with E-state index in [1.54, 1.807) is 12.1 Å². The quantitative estimate of drug-likeness (QED) is 0.914. The SMILES string of the molecule is O=C(NCC1CCCC1O)c1cc2cc(F)ccc2s1.